The summed E-state index contributed by atoms with van der Waals surface area (Å²) in [5.41, 5.74) is 5.16. The van der Waals surface area contributed by atoms with Crippen LogP contribution in [-0.4, -0.2) is 17.6 Å². The largest absolute Gasteiger partial charge is 0.464 e. The van der Waals surface area contributed by atoms with E-state index >= 15 is 0 Å². The molecule has 0 saturated carbocycles. The number of ether oxygens (including phenoxy) is 1. The van der Waals surface area contributed by atoms with Crippen molar-refractivity contribution in [3.8, 4) is 0 Å². The van der Waals surface area contributed by atoms with Crippen LogP contribution in [0.1, 0.15) is 13.8 Å². The lowest BCUT2D eigenvalue weighted by atomic mass is 10.4. The first-order valence-corrected chi connectivity index (χ1v) is 3.01. The summed E-state index contributed by atoms with van der Waals surface area (Å²) in [5, 5.41) is 0. The number of rotatable bonds is 2. The van der Waals surface area contributed by atoms with Crippen molar-refractivity contribution >= 4 is 17.6 Å². The summed E-state index contributed by atoms with van der Waals surface area (Å²) >= 11 is 5.37. The van der Waals surface area contributed by atoms with Crippen molar-refractivity contribution in [1.29, 1.82) is 0 Å². The van der Waals surface area contributed by atoms with Gasteiger partial charge in [0.15, 0.2) is 5.00 Å². The lowest BCUT2D eigenvalue weighted by Gasteiger charge is -2.12. The molecule has 0 aromatic heterocycles. The van der Waals surface area contributed by atoms with Gasteiger partial charge in [0.2, 0.25) is 0 Å². The van der Waals surface area contributed by atoms with Crippen LogP contribution in [0.25, 0.3) is 0 Å². The van der Waals surface area contributed by atoms with E-state index in [0.29, 0.717) is 6.61 Å². The second-order valence-electron chi connectivity index (χ2n) is 1.80. The van der Waals surface area contributed by atoms with Crippen LogP contribution >= 0.6 is 11.6 Å². The minimum atomic E-state index is -1.38. The highest BCUT2D eigenvalue weighted by Crippen LogP contribution is 2.06. The molecule has 1 unspecified atom stereocenters. The summed E-state index contributed by atoms with van der Waals surface area (Å²) in [6, 6.07) is 0. The van der Waals surface area contributed by atoms with E-state index in [1.807, 2.05) is 0 Å². The SMILES string of the molecule is CCOC(=O)C(C)(N)Cl. The Labute approximate surface area is 59.1 Å². The molecule has 0 fully saturated rings. The molecular formula is C5H10ClNO2. The Hall–Kier alpha value is -0.280. The van der Waals surface area contributed by atoms with E-state index in [1.165, 1.54) is 6.92 Å². The van der Waals surface area contributed by atoms with Gasteiger partial charge in [-0.3, -0.25) is 0 Å². The van der Waals surface area contributed by atoms with E-state index in [4.69, 9.17) is 17.3 Å². The molecule has 2 N–H and O–H groups in total. The van der Waals surface area contributed by atoms with Gasteiger partial charge in [-0.1, -0.05) is 11.6 Å². The van der Waals surface area contributed by atoms with Crippen LogP contribution in [0.15, 0.2) is 0 Å². The Morgan fingerprint density at radius 2 is 2.33 bits per heavy atom. The number of hydrogen-bond donors (Lipinski definition) is 1. The van der Waals surface area contributed by atoms with Crippen LogP contribution in [-0.2, 0) is 9.53 Å². The van der Waals surface area contributed by atoms with Crippen molar-refractivity contribution in [3.63, 3.8) is 0 Å². The van der Waals surface area contributed by atoms with E-state index in [9.17, 15) is 4.79 Å². The van der Waals surface area contributed by atoms with E-state index < -0.39 is 11.0 Å². The van der Waals surface area contributed by atoms with Crippen molar-refractivity contribution in [3.05, 3.63) is 0 Å². The van der Waals surface area contributed by atoms with Crippen LogP contribution in [0.5, 0.6) is 0 Å². The predicted octanol–water partition coefficient (Wildman–Crippen LogP) is 0.463. The van der Waals surface area contributed by atoms with E-state index in [1.54, 1.807) is 6.92 Å². The first-order chi connectivity index (χ1) is 3.98. The summed E-state index contributed by atoms with van der Waals surface area (Å²) in [7, 11) is 0. The quantitative estimate of drug-likeness (QED) is 0.355. The van der Waals surface area contributed by atoms with Gasteiger partial charge >= 0.3 is 5.97 Å². The first-order valence-electron chi connectivity index (χ1n) is 2.63. The van der Waals surface area contributed by atoms with Gasteiger partial charge in [-0.15, -0.1) is 0 Å². The van der Waals surface area contributed by atoms with Gasteiger partial charge in [-0.05, 0) is 13.8 Å². The Balaban J connectivity index is 3.74. The Kier molecular flexibility index (Phi) is 2.94. The zero-order valence-corrected chi connectivity index (χ0v) is 6.23. The number of alkyl halides is 1. The third-order valence-corrected chi connectivity index (χ3v) is 0.829. The van der Waals surface area contributed by atoms with Crippen molar-refractivity contribution in [2.24, 2.45) is 5.73 Å². The fourth-order valence-corrected chi connectivity index (χ4v) is 0.327. The van der Waals surface area contributed by atoms with Gasteiger partial charge in [-0.25, -0.2) is 4.79 Å². The van der Waals surface area contributed by atoms with Crippen molar-refractivity contribution < 1.29 is 9.53 Å². The third kappa shape index (κ3) is 3.32. The molecule has 4 heteroatoms. The minimum Gasteiger partial charge on any atom is -0.464 e. The molecule has 0 aromatic rings. The lowest BCUT2D eigenvalue weighted by Crippen LogP contribution is -2.40. The van der Waals surface area contributed by atoms with E-state index in [-0.39, 0.29) is 0 Å². The number of esters is 1. The van der Waals surface area contributed by atoms with Gasteiger partial charge in [0, 0.05) is 0 Å². The van der Waals surface area contributed by atoms with Crippen molar-refractivity contribution in [2.45, 2.75) is 18.8 Å². The summed E-state index contributed by atoms with van der Waals surface area (Å²) in [5.74, 6) is -0.591. The number of carbonyl (C=O) groups is 1. The normalized spacial score (nSPS) is 16.4. The second-order valence-corrected chi connectivity index (χ2v) is 2.58. The molecule has 0 saturated heterocycles. The maximum Gasteiger partial charge on any atom is 0.341 e. The molecule has 3 nitrogen and oxygen atoms in total. The topological polar surface area (TPSA) is 52.3 Å². The van der Waals surface area contributed by atoms with Gasteiger partial charge < -0.3 is 10.5 Å². The first kappa shape index (κ1) is 8.72. The van der Waals surface area contributed by atoms with Crippen LogP contribution in [0, 0.1) is 0 Å². The van der Waals surface area contributed by atoms with Gasteiger partial charge in [0.1, 0.15) is 0 Å². The van der Waals surface area contributed by atoms with Crippen molar-refractivity contribution in [1.82, 2.24) is 0 Å². The average Bonchev–Trinajstić information content (AvgIpc) is 1.64. The van der Waals surface area contributed by atoms with Gasteiger partial charge in [0.25, 0.3) is 0 Å². The van der Waals surface area contributed by atoms with Gasteiger partial charge in [-0.2, -0.15) is 0 Å². The smallest absolute Gasteiger partial charge is 0.341 e. The molecule has 54 valence electrons. The highest BCUT2D eigenvalue weighted by Gasteiger charge is 2.25. The maximum absolute atomic E-state index is 10.6. The molecule has 9 heavy (non-hydrogen) atoms. The average molecular weight is 152 g/mol. The molecule has 0 aliphatic rings. The summed E-state index contributed by atoms with van der Waals surface area (Å²) in [6.07, 6.45) is 0. The number of nitrogens with two attached hydrogens (primary N) is 1. The molecular weight excluding hydrogens is 142 g/mol. The molecule has 0 aliphatic carbocycles. The fraction of sp³-hybridized carbons (Fsp3) is 0.800. The monoisotopic (exact) mass is 151 g/mol. The predicted molar refractivity (Wildman–Crippen MR) is 35.1 cm³/mol. The van der Waals surface area contributed by atoms with E-state index in [0.717, 1.165) is 0 Å². The third-order valence-electron chi connectivity index (χ3n) is 0.675. The molecule has 0 aliphatic heterocycles. The minimum absolute atomic E-state index is 0.304. The van der Waals surface area contributed by atoms with Crippen LogP contribution in [0.3, 0.4) is 0 Å². The number of hydrogen-bond acceptors (Lipinski definition) is 3. The zero-order chi connectivity index (χ0) is 7.49. The Morgan fingerprint density at radius 3 is 2.44 bits per heavy atom. The number of halogens is 1. The molecule has 0 radical (unpaired) electrons. The standard InChI is InChI=1S/C5H10ClNO2/c1-3-9-4(8)5(2,6)7/h3,7H2,1-2H3. The van der Waals surface area contributed by atoms with Crippen molar-refractivity contribution in [2.75, 3.05) is 6.61 Å². The van der Waals surface area contributed by atoms with Crippen LogP contribution < -0.4 is 5.73 Å². The highest BCUT2D eigenvalue weighted by molar-refractivity contribution is 6.33. The molecule has 0 heterocycles. The lowest BCUT2D eigenvalue weighted by molar-refractivity contribution is -0.145. The fourth-order valence-electron chi connectivity index (χ4n) is 0.272. The maximum atomic E-state index is 10.6. The van der Waals surface area contributed by atoms with Crippen LogP contribution in [0.2, 0.25) is 0 Å². The van der Waals surface area contributed by atoms with Gasteiger partial charge in [0.05, 0.1) is 6.61 Å². The molecule has 0 spiro atoms. The second kappa shape index (κ2) is 3.03. The summed E-state index contributed by atoms with van der Waals surface area (Å²) in [4.78, 5) is 9.21. The highest BCUT2D eigenvalue weighted by atomic mass is 35.5. The molecule has 1 atom stereocenters. The van der Waals surface area contributed by atoms with E-state index in [2.05, 4.69) is 4.74 Å². The molecule has 0 aromatic carbocycles. The summed E-state index contributed by atoms with van der Waals surface area (Å²) < 4.78 is 4.51. The molecule has 0 bridgehead atoms. The number of carbonyl (C=O) groups excluding carboxylic acids is 1. The molecule has 0 rings (SSSR count). The molecule has 0 amide bonds. The summed E-state index contributed by atoms with van der Waals surface area (Å²) in [6.45, 7) is 3.38. The van der Waals surface area contributed by atoms with Crippen LogP contribution in [0.4, 0.5) is 0 Å². The Morgan fingerprint density at radius 1 is 1.89 bits per heavy atom. The Bertz CT molecular complexity index is 108. The zero-order valence-electron chi connectivity index (χ0n) is 5.48.